The van der Waals surface area contributed by atoms with Gasteiger partial charge in [0.1, 0.15) is 11.9 Å². The van der Waals surface area contributed by atoms with Crippen LogP contribution in [-0.4, -0.2) is 51.3 Å². The van der Waals surface area contributed by atoms with Crippen molar-refractivity contribution in [3.05, 3.63) is 70.8 Å². The summed E-state index contributed by atoms with van der Waals surface area (Å²) in [5, 5.41) is 13.0. The maximum Gasteiger partial charge on any atom is 0.173 e. The van der Waals surface area contributed by atoms with Crippen molar-refractivity contribution >= 4 is 17.3 Å². The summed E-state index contributed by atoms with van der Waals surface area (Å²) in [6.07, 6.45) is 0. The molecule has 1 atom stereocenters. The molecule has 0 amide bonds. The van der Waals surface area contributed by atoms with Gasteiger partial charge in [-0.1, -0.05) is 35.9 Å². The van der Waals surface area contributed by atoms with Crippen LogP contribution in [0.4, 0.5) is 10.1 Å². The Morgan fingerprint density at radius 2 is 1.76 bits per heavy atom. The lowest BCUT2D eigenvalue weighted by Crippen LogP contribution is -2.48. The van der Waals surface area contributed by atoms with Gasteiger partial charge in [0, 0.05) is 42.5 Å². The van der Waals surface area contributed by atoms with Gasteiger partial charge in [-0.3, -0.25) is 4.90 Å². The van der Waals surface area contributed by atoms with E-state index in [-0.39, 0.29) is 17.9 Å². The zero-order chi connectivity index (χ0) is 20.4. The van der Waals surface area contributed by atoms with Gasteiger partial charge in [0.15, 0.2) is 5.82 Å². The predicted octanol–water partition coefficient (Wildman–Crippen LogP) is 3.96. The summed E-state index contributed by atoms with van der Waals surface area (Å²) in [7, 11) is 0. The molecule has 0 radical (unpaired) electrons. The fourth-order valence-electron chi connectivity index (χ4n) is 3.86. The van der Waals surface area contributed by atoms with Crippen LogP contribution >= 0.6 is 11.6 Å². The fraction of sp³-hybridized carbons (Fsp3) is 0.381. The first-order valence-electron chi connectivity index (χ1n) is 9.81. The van der Waals surface area contributed by atoms with Crippen LogP contribution in [0.1, 0.15) is 37.3 Å². The largest absolute Gasteiger partial charge is 0.369 e. The zero-order valence-electron chi connectivity index (χ0n) is 16.5. The lowest BCUT2D eigenvalue weighted by Gasteiger charge is -2.40. The monoisotopic (exact) mass is 414 g/mol. The van der Waals surface area contributed by atoms with E-state index >= 15 is 0 Å². The molecule has 1 unspecified atom stereocenters. The Morgan fingerprint density at radius 1 is 1.00 bits per heavy atom. The molecule has 1 fully saturated rings. The molecule has 3 aromatic rings. The highest BCUT2D eigenvalue weighted by Crippen LogP contribution is 2.31. The number of piperazine rings is 1. The molecule has 0 saturated carbocycles. The lowest BCUT2D eigenvalue weighted by atomic mass is 10.0. The molecule has 2 heterocycles. The highest BCUT2D eigenvalue weighted by atomic mass is 35.5. The van der Waals surface area contributed by atoms with Crippen LogP contribution in [0.15, 0.2) is 48.5 Å². The minimum Gasteiger partial charge on any atom is -0.369 e. The highest BCUT2D eigenvalue weighted by molar-refractivity contribution is 6.30. The van der Waals surface area contributed by atoms with E-state index in [9.17, 15) is 4.39 Å². The normalized spacial score (nSPS) is 16.4. The molecule has 6 nitrogen and oxygen atoms in total. The van der Waals surface area contributed by atoms with Crippen LogP contribution in [0.2, 0.25) is 5.02 Å². The number of tetrazole rings is 1. The van der Waals surface area contributed by atoms with Crippen molar-refractivity contribution < 1.29 is 4.39 Å². The number of benzene rings is 2. The molecule has 4 rings (SSSR count). The molecule has 8 heteroatoms. The standard InChI is InChI=1S/C21H24ClFN6/c1-15(2)29-21(24-25-26-29)20(18-8-3-4-9-19(18)23)28-12-10-27(11-13-28)17-7-5-6-16(22)14-17/h3-9,14-15,20H,10-13H2,1-2H3. The third kappa shape index (κ3) is 4.11. The number of nitrogens with zero attached hydrogens (tertiary/aromatic N) is 6. The topological polar surface area (TPSA) is 50.1 Å². The number of halogens is 2. The van der Waals surface area contributed by atoms with Gasteiger partial charge in [-0.2, -0.15) is 0 Å². The molecule has 0 aliphatic carbocycles. The maximum atomic E-state index is 14.8. The van der Waals surface area contributed by atoms with E-state index in [1.165, 1.54) is 6.07 Å². The minimum absolute atomic E-state index is 0.0852. The Balaban J connectivity index is 1.63. The van der Waals surface area contributed by atoms with E-state index in [2.05, 4.69) is 31.4 Å². The van der Waals surface area contributed by atoms with Crippen LogP contribution in [0.3, 0.4) is 0 Å². The SMILES string of the molecule is CC(C)n1nnnc1C(c1ccccc1F)N1CCN(c2cccc(Cl)c2)CC1. The van der Waals surface area contributed by atoms with Crippen molar-refractivity contribution in [2.75, 3.05) is 31.1 Å². The Labute approximate surface area is 174 Å². The molecule has 152 valence electrons. The number of hydrogen-bond donors (Lipinski definition) is 0. The molecule has 2 aromatic carbocycles. The molecule has 0 bridgehead atoms. The van der Waals surface area contributed by atoms with E-state index in [0.29, 0.717) is 11.4 Å². The second-order valence-electron chi connectivity index (χ2n) is 7.50. The summed E-state index contributed by atoms with van der Waals surface area (Å²) < 4.78 is 16.6. The zero-order valence-corrected chi connectivity index (χ0v) is 17.3. The van der Waals surface area contributed by atoms with E-state index in [4.69, 9.17) is 11.6 Å². The van der Waals surface area contributed by atoms with Crippen LogP contribution < -0.4 is 4.90 Å². The maximum absolute atomic E-state index is 14.8. The van der Waals surface area contributed by atoms with Gasteiger partial charge in [0.2, 0.25) is 0 Å². The fourth-order valence-corrected chi connectivity index (χ4v) is 4.04. The first kappa shape index (κ1) is 19.8. The minimum atomic E-state index is -0.338. The summed E-state index contributed by atoms with van der Waals surface area (Å²) in [6.45, 7) is 7.20. The average Bonchev–Trinajstić information content (AvgIpc) is 3.20. The molecule has 1 aliphatic heterocycles. The molecule has 1 saturated heterocycles. The molecule has 1 aliphatic rings. The highest BCUT2D eigenvalue weighted by Gasteiger charge is 2.32. The van der Waals surface area contributed by atoms with Crippen LogP contribution in [0.25, 0.3) is 0 Å². The smallest absolute Gasteiger partial charge is 0.173 e. The van der Waals surface area contributed by atoms with Crippen LogP contribution in [0, 0.1) is 5.82 Å². The summed E-state index contributed by atoms with van der Waals surface area (Å²) in [5.74, 6) is 0.425. The summed E-state index contributed by atoms with van der Waals surface area (Å²) >= 11 is 6.15. The number of anilines is 1. The van der Waals surface area contributed by atoms with Gasteiger partial charge >= 0.3 is 0 Å². The molecule has 0 spiro atoms. The van der Waals surface area contributed by atoms with Crippen molar-refractivity contribution in [1.82, 2.24) is 25.1 Å². The van der Waals surface area contributed by atoms with Gasteiger partial charge in [-0.15, -0.1) is 5.10 Å². The molecule has 1 aromatic heterocycles. The van der Waals surface area contributed by atoms with Gasteiger partial charge in [-0.25, -0.2) is 9.07 Å². The molecular formula is C21H24ClFN6. The first-order chi connectivity index (χ1) is 14.0. The summed E-state index contributed by atoms with van der Waals surface area (Å²) in [4.78, 5) is 4.55. The van der Waals surface area contributed by atoms with Gasteiger partial charge in [-0.05, 0) is 48.5 Å². The third-order valence-electron chi connectivity index (χ3n) is 5.30. The van der Waals surface area contributed by atoms with Gasteiger partial charge in [0.05, 0.1) is 6.04 Å². The van der Waals surface area contributed by atoms with Crippen molar-refractivity contribution in [2.24, 2.45) is 0 Å². The van der Waals surface area contributed by atoms with E-state index < -0.39 is 0 Å². The predicted molar refractivity (Wildman–Crippen MR) is 112 cm³/mol. The van der Waals surface area contributed by atoms with Crippen LogP contribution in [-0.2, 0) is 0 Å². The number of aromatic nitrogens is 4. The number of hydrogen-bond acceptors (Lipinski definition) is 5. The Morgan fingerprint density at radius 3 is 2.45 bits per heavy atom. The lowest BCUT2D eigenvalue weighted by molar-refractivity contribution is 0.195. The first-order valence-corrected chi connectivity index (χ1v) is 10.2. The second kappa shape index (κ2) is 8.47. The van der Waals surface area contributed by atoms with Crippen molar-refractivity contribution in [1.29, 1.82) is 0 Å². The molecule has 0 N–H and O–H groups in total. The molecular weight excluding hydrogens is 391 g/mol. The van der Waals surface area contributed by atoms with Gasteiger partial charge in [0.25, 0.3) is 0 Å². The van der Waals surface area contributed by atoms with Crippen molar-refractivity contribution in [2.45, 2.75) is 25.9 Å². The second-order valence-corrected chi connectivity index (χ2v) is 7.94. The Bertz CT molecular complexity index is 967. The quantitative estimate of drug-likeness (QED) is 0.632. The van der Waals surface area contributed by atoms with Crippen molar-refractivity contribution in [3.8, 4) is 0 Å². The summed E-state index contributed by atoms with van der Waals surface area (Å²) in [5.41, 5.74) is 1.70. The number of rotatable bonds is 5. The van der Waals surface area contributed by atoms with E-state index in [1.807, 2.05) is 44.2 Å². The summed E-state index contributed by atoms with van der Waals surface area (Å²) in [6, 6.07) is 14.5. The van der Waals surface area contributed by atoms with E-state index in [0.717, 1.165) is 36.9 Å². The Kier molecular flexibility index (Phi) is 5.78. The Hall–Kier alpha value is -2.51. The third-order valence-corrected chi connectivity index (χ3v) is 5.54. The van der Waals surface area contributed by atoms with Gasteiger partial charge < -0.3 is 4.90 Å². The molecule has 29 heavy (non-hydrogen) atoms. The van der Waals surface area contributed by atoms with Crippen molar-refractivity contribution in [3.63, 3.8) is 0 Å². The van der Waals surface area contributed by atoms with Crippen LogP contribution in [0.5, 0.6) is 0 Å². The van der Waals surface area contributed by atoms with E-state index in [1.54, 1.807) is 10.7 Å². The average molecular weight is 415 g/mol.